The van der Waals surface area contributed by atoms with Gasteiger partial charge in [-0.15, -0.1) is 0 Å². The maximum absolute atomic E-state index is 5.99. The lowest BCUT2D eigenvalue weighted by molar-refractivity contribution is 0.240. The van der Waals surface area contributed by atoms with Crippen LogP contribution < -0.4 is 5.32 Å². The van der Waals surface area contributed by atoms with E-state index in [1.54, 1.807) is 0 Å². The van der Waals surface area contributed by atoms with Crippen LogP contribution in [-0.4, -0.2) is 30.6 Å². The first-order chi connectivity index (χ1) is 9.54. The average molecular weight is 405 g/mol. The van der Waals surface area contributed by atoms with E-state index in [0.717, 1.165) is 11.6 Å². The molecular formula is C16H22ClIN2. The first-order valence-corrected chi connectivity index (χ1v) is 8.57. The molecule has 4 heteroatoms. The molecule has 0 spiro atoms. The number of hydrogen-bond acceptors (Lipinski definition) is 2. The van der Waals surface area contributed by atoms with Gasteiger partial charge in [-0.25, -0.2) is 0 Å². The van der Waals surface area contributed by atoms with Crippen molar-refractivity contribution in [2.24, 2.45) is 0 Å². The van der Waals surface area contributed by atoms with E-state index in [1.807, 2.05) is 12.1 Å². The fourth-order valence-corrected chi connectivity index (χ4v) is 3.43. The summed E-state index contributed by atoms with van der Waals surface area (Å²) in [6.45, 7) is 7.76. The normalized spacial score (nSPS) is 17.0. The lowest BCUT2D eigenvalue weighted by atomic mass is 10.0. The van der Waals surface area contributed by atoms with Crippen molar-refractivity contribution in [3.8, 4) is 0 Å². The standard InChI is InChI=1S/C16H22ClIN2/c1-12(2)5-8-20-9-6-14(7-10-20)19-16-4-3-13(17)11-15(16)18/h3-5,11,14,19H,6-10H2,1-2H3. The van der Waals surface area contributed by atoms with Crippen molar-refractivity contribution in [3.05, 3.63) is 38.4 Å². The summed E-state index contributed by atoms with van der Waals surface area (Å²) < 4.78 is 1.20. The minimum Gasteiger partial charge on any atom is -0.381 e. The van der Waals surface area contributed by atoms with Crippen LogP contribution in [0.3, 0.4) is 0 Å². The molecule has 0 aliphatic carbocycles. The average Bonchev–Trinajstić information content (AvgIpc) is 2.41. The summed E-state index contributed by atoms with van der Waals surface area (Å²) in [6.07, 6.45) is 4.72. The Bertz CT molecular complexity index is 475. The van der Waals surface area contributed by atoms with Crippen LogP contribution in [0.1, 0.15) is 26.7 Å². The predicted octanol–water partition coefficient (Wildman–Crippen LogP) is 4.79. The van der Waals surface area contributed by atoms with Crippen molar-refractivity contribution < 1.29 is 0 Å². The lowest BCUT2D eigenvalue weighted by Crippen LogP contribution is -2.39. The van der Waals surface area contributed by atoms with Gasteiger partial charge in [-0.2, -0.15) is 0 Å². The molecule has 0 bridgehead atoms. The second kappa shape index (κ2) is 7.66. The molecule has 0 aromatic heterocycles. The molecule has 110 valence electrons. The number of piperidine rings is 1. The number of nitrogens with one attached hydrogen (secondary N) is 1. The van der Waals surface area contributed by atoms with Crippen LogP contribution in [0.15, 0.2) is 29.8 Å². The highest BCUT2D eigenvalue weighted by Crippen LogP contribution is 2.24. The van der Waals surface area contributed by atoms with E-state index in [-0.39, 0.29) is 0 Å². The molecule has 0 amide bonds. The highest BCUT2D eigenvalue weighted by molar-refractivity contribution is 14.1. The van der Waals surface area contributed by atoms with Gasteiger partial charge < -0.3 is 5.32 Å². The van der Waals surface area contributed by atoms with Gasteiger partial charge in [-0.1, -0.05) is 23.3 Å². The number of likely N-dealkylation sites (tertiary alicyclic amines) is 1. The molecular weight excluding hydrogens is 383 g/mol. The summed E-state index contributed by atoms with van der Waals surface area (Å²) in [5.41, 5.74) is 2.61. The third kappa shape index (κ3) is 4.93. The smallest absolute Gasteiger partial charge is 0.0479 e. The quantitative estimate of drug-likeness (QED) is 0.573. The molecule has 1 fully saturated rings. The summed E-state index contributed by atoms with van der Waals surface area (Å²) in [5.74, 6) is 0. The zero-order chi connectivity index (χ0) is 14.5. The fraction of sp³-hybridized carbons (Fsp3) is 0.500. The summed E-state index contributed by atoms with van der Waals surface area (Å²) in [7, 11) is 0. The van der Waals surface area contributed by atoms with Gasteiger partial charge in [0, 0.05) is 40.0 Å². The van der Waals surface area contributed by atoms with Gasteiger partial charge >= 0.3 is 0 Å². The van der Waals surface area contributed by atoms with Gasteiger partial charge in [0.25, 0.3) is 0 Å². The second-order valence-corrected chi connectivity index (χ2v) is 7.22. The van der Waals surface area contributed by atoms with Gasteiger partial charge in [0.15, 0.2) is 0 Å². The topological polar surface area (TPSA) is 15.3 Å². The maximum atomic E-state index is 5.99. The molecule has 0 unspecified atom stereocenters. The largest absolute Gasteiger partial charge is 0.381 e. The summed E-state index contributed by atoms with van der Waals surface area (Å²) in [5, 5.41) is 4.46. The fourth-order valence-electron chi connectivity index (χ4n) is 2.40. The van der Waals surface area contributed by atoms with Gasteiger partial charge in [0.05, 0.1) is 0 Å². The Hall–Kier alpha value is -0.260. The van der Waals surface area contributed by atoms with E-state index < -0.39 is 0 Å². The number of benzene rings is 1. The molecule has 1 saturated heterocycles. The van der Waals surface area contributed by atoms with Crippen molar-refractivity contribution >= 4 is 39.9 Å². The van der Waals surface area contributed by atoms with Crippen LogP contribution in [0.4, 0.5) is 5.69 Å². The number of hydrogen-bond donors (Lipinski definition) is 1. The zero-order valence-electron chi connectivity index (χ0n) is 12.1. The maximum Gasteiger partial charge on any atom is 0.0479 e. The van der Waals surface area contributed by atoms with Crippen molar-refractivity contribution in [2.45, 2.75) is 32.7 Å². The zero-order valence-corrected chi connectivity index (χ0v) is 15.0. The molecule has 1 heterocycles. The van der Waals surface area contributed by atoms with Crippen LogP contribution in [0.25, 0.3) is 0 Å². The molecule has 2 nitrogen and oxygen atoms in total. The Balaban J connectivity index is 1.83. The molecule has 1 aliphatic rings. The number of allylic oxidation sites excluding steroid dienone is 1. The van der Waals surface area contributed by atoms with Crippen molar-refractivity contribution in [1.82, 2.24) is 4.90 Å². The Labute approximate surface area is 140 Å². The molecule has 0 radical (unpaired) electrons. The van der Waals surface area contributed by atoms with Crippen molar-refractivity contribution in [2.75, 3.05) is 25.0 Å². The Morgan fingerprint density at radius 1 is 1.40 bits per heavy atom. The van der Waals surface area contributed by atoms with Gasteiger partial charge in [0.2, 0.25) is 0 Å². The Morgan fingerprint density at radius 2 is 2.10 bits per heavy atom. The Morgan fingerprint density at radius 3 is 2.70 bits per heavy atom. The molecule has 0 saturated carbocycles. The molecule has 1 aliphatic heterocycles. The molecule has 1 aromatic carbocycles. The van der Waals surface area contributed by atoms with Crippen LogP contribution in [-0.2, 0) is 0 Å². The predicted molar refractivity (Wildman–Crippen MR) is 96.7 cm³/mol. The van der Waals surface area contributed by atoms with Gasteiger partial charge in [-0.05, 0) is 67.5 Å². The van der Waals surface area contributed by atoms with Crippen LogP contribution in [0.2, 0.25) is 5.02 Å². The molecule has 0 atom stereocenters. The van der Waals surface area contributed by atoms with E-state index in [0.29, 0.717) is 6.04 Å². The third-order valence-electron chi connectivity index (χ3n) is 3.64. The van der Waals surface area contributed by atoms with E-state index >= 15 is 0 Å². The second-order valence-electron chi connectivity index (χ2n) is 5.62. The van der Waals surface area contributed by atoms with Crippen molar-refractivity contribution in [1.29, 1.82) is 0 Å². The number of rotatable bonds is 4. The highest BCUT2D eigenvalue weighted by Gasteiger charge is 2.18. The minimum absolute atomic E-state index is 0.577. The third-order valence-corrected chi connectivity index (χ3v) is 4.76. The van der Waals surface area contributed by atoms with Crippen LogP contribution in [0, 0.1) is 3.57 Å². The Kier molecular flexibility index (Phi) is 6.18. The summed E-state index contributed by atoms with van der Waals surface area (Å²) in [4.78, 5) is 2.53. The van der Waals surface area contributed by atoms with Crippen LogP contribution >= 0.6 is 34.2 Å². The monoisotopic (exact) mass is 404 g/mol. The minimum atomic E-state index is 0.577. The highest BCUT2D eigenvalue weighted by atomic mass is 127. The SMILES string of the molecule is CC(C)=CCN1CCC(Nc2ccc(Cl)cc2I)CC1. The summed E-state index contributed by atoms with van der Waals surface area (Å²) >= 11 is 8.34. The number of anilines is 1. The first-order valence-electron chi connectivity index (χ1n) is 7.12. The van der Waals surface area contributed by atoms with Crippen molar-refractivity contribution in [3.63, 3.8) is 0 Å². The molecule has 20 heavy (non-hydrogen) atoms. The number of nitrogens with zero attached hydrogens (tertiary/aromatic N) is 1. The van der Waals surface area contributed by atoms with E-state index in [4.69, 9.17) is 11.6 Å². The van der Waals surface area contributed by atoms with E-state index in [9.17, 15) is 0 Å². The molecule has 2 rings (SSSR count). The summed E-state index contributed by atoms with van der Waals surface area (Å²) in [6, 6.07) is 6.62. The first kappa shape index (κ1) is 16.1. The molecule has 1 N–H and O–H groups in total. The van der Waals surface area contributed by atoms with E-state index in [2.05, 4.69) is 58.8 Å². The van der Waals surface area contributed by atoms with E-state index in [1.165, 1.54) is 40.8 Å². The van der Waals surface area contributed by atoms with Crippen LogP contribution in [0.5, 0.6) is 0 Å². The number of halogens is 2. The molecule has 1 aromatic rings. The lowest BCUT2D eigenvalue weighted by Gasteiger charge is -2.32. The van der Waals surface area contributed by atoms with Gasteiger partial charge in [-0.3, -0.25) is 4.90 Å². The van der Waals surface area contributed by atoms with Gasteiger partial charge in [0.1, 0.15) is 0 Å².